The predicted molar refractivity (Wildman–Crippen MR) is 423 cm³/mol. The molecular formula is C88H110O6Si4. The zero-order chi connectivity index (χ0) is 70.2. The Morgan fingerprint density at radius 2 is 0.561 bits per heavy atom. The second-order valence-electron chi connectivity index (χ2n) is 31.4. The van der Waals surface area contributed by atoms with Crippen molar-refractivity contribution in [3.05, 3.63) is 291 Å². The molecule has 0 unspecified atom stereocenters. The number of benzene rings is 9. The maximum Gasteiger partial charge on any atom is 0.261 e. The standard InChI is InChI=1S/C88H110O6Si4/c1-69(2)84(90-68-71-43-25-16-26-44-71)70(3)61-62-72(91-95(85(4,5)6,76-45-27-17-28-46-76)77-47-29-18-30-48-77)65-74(93-97(87(10,11)12,80-53-35-21-36-54-80)81-55-37-22-38-56-81)67-75(94-98(88(13,14)15,82-57-39-23-40-58-82)83-59-41-24-42-60-83)66-73(63-64-89)92-96(86(7,8)9,78-49-31-19-32-50-78)79-51-33-20-34-52-79/h16-62,64,69-70,72-75,84H,63,65-68H2,1-15H3/b62-61+/t70-,72-,73-,74-,75-,84-/m0/s1. The fourth-order valence-corrected chi connectivity index (χ4v) is 34.3. The Bertz CT molecular complexity index is 3680. The normalized spacial score (nSPS) is 14.9. The summed E-state index contributed by atoms with van der Waals surface area (Å²) in [5.74, 6) is 0.208. The third kappa shape index (κ3) is 16.9. The first-order valence-corrected chi connectivity index (χ1v) is 43.4. The van der Waals surface area contributed by atoms with Crippen LogP contribution in [0.4, 0.5) is 0 Å². The third-order valence-corrected chi connectivity index (χ3v) is 40.4. The molecule has 9 aromatic carbocycles. The van der Waals surface area contributed by atoms with E-state index in [0.29, 0.717) is 25.9 Å². The van der Waals surface area contributed by atoms with Gasteiger partial charge in [-0.1, -0.05) is 389 Å². The van der Waals surface area contributed by atoms with Gasteiger partial charge in [-0.25, -0.2) is 0 Å². The molecule has 0 aliphatic heterocycles. The number of hydrogen-bond acceptors (Lipinski definition) is 6. The van der Waals surface area contributed by atoms with Gasteiger partial charge in [0.05, 0.1) is 37.1 Å². The largest absolute Gasteiger partial charge is 0.404 e. The van der Waals surface area contributed by atoms with Crippen LogP contribution in [0.5, 0.6) is 0 Å². The van der Waals surface area contributed by atoms with Gasteiger partial charge in [0.1, 0.15) is 6.29 Å². The van der Waals surface area contributed by atoms with Crippen LogP contribution in [0.25, 0.3) is 0 Å². The Balaban J connectivity index is 1.34. The summed E-state index contributed by atoms with van der Waals surface area (Å²) < 4.78 is 41.4. The fraction of sp³-hybridized carbons (Fsp3) is 0.352. The minimum Gasteiger partial charge on any atom is -0.404 e. The molecule has 0 saturated heterocycles. The second kappa shape index (κ2) is 33.0. The van der Waals surface area contributed by atoms with Gasteiger partial charge in [-0.3, -0.25) is 0 Å². The summed E-state index contributed by atoms with van der Waals surface area (Å²) in [4.78, 5) is 13.9. The molecule has 0 aromatic heterocycles. The molecule has 98 heavy (non-hydrogen) atoms. The predicted octanol–water partition coefficient (Wildman–Crippen LogP) is 17.0. The third-order valence-electron chi connectivity index (χ3n) is 20.0. The molecule has 9 aromatic rings. The van der Waals surface area contributed by atoms with Crippen LogP contribution < -0.4 is 41.5 Å². The SMILES string of the molecule is CC(C)[C@H](OCc1ccccc1)[C@@H](C)/C=C/[C@@H](C[C@@H](C[C@H](C[C@H](CC=O)O[Si](c1ccccc1)(c1ccccc1)C(C)(C)C)O[Si](c1ccccc1)(c1ccccc1)C(C)(C)C)O[Si](c1ccccc1)(c1ccccc1)C(C)(C)C)O[Si](c1ccccc1)(c1ccccc1)C(C)(C)C. The molecule has 0 aliphatic rings. The molecule has 6 nitrogen and oxygen atoms in total. The Morgan fingerprint density at radius 1 is 0.316 bits per heavy atom. The molecule has 9 rings (SSSR count). The van der Waals surface area contributed by atoms with E-state index < -0.39 is 67.8 Å². The molecule has 0 heterocycles. The first-order chi connectivity index (χ1) is 46.8. The molecule has 0 spiro atoms. The summed E-state index contributed by atoms with van der Waals surface area (Å²) in [6.45, 7) is 35.7. The van der Waals surface area contributed by atoms with E-state index in [1.165, 1.54) is 31.1 Å². The summed E-state index contributed by atoms with van der Waals surface area (Å²) in [7, 11) is -13.5. The van der Waals surface area contributed by atoms with Gasteiger partial charge in [-0.15, -0.1) is 0 Å². The van der Waals surface area contributed by atoms with Gasteiger partial charge in [0, 0.05) is 18.8 Å². The number of rotatable bonds is 31. The molecule has 0 N–H and O–H groups in total. The second-order valence-corrected chi connectivity index (χ2v) is 48.4. The summed E-state index contributed by atoms with van der Waals surface area (Å²) in [5, 5.41) is 7.86. The van der Waals surface area contributed by atoms with Crippen LogP contribution >= 0.6 is 0 Å². The molecule has 0 bridgehead atoms. The molecule has 0 aliphatic carbocycles. The molecule has 0 amide bonds. The van der Waals surface area contributed by atoms with Gasteiger partial charge in [0.15, 0.2) is 0 Å². The van der Waals surface area contributed by atoms with Crippen molar-refractivity contribution in [1.29, 1.82) is 0 Å². The van der Waals surface area contributed by atoms with Gasteiger partial charge >= 0.3 is 0 Å². The van der Waals surface area contributed by atoms with Crippen molar-refractivity contribution in [3.63, 3.8) is 0 Å². The van der Waals surface area contributed by atoms with E-state index in [2.05, 4.69) is 389 Å². The smallest absolute Gasteiger partial charge is 0.261 e. The van der Waals surface area contributed by atoms with Crippen molar-refractivity contribution in [2.45, 2.75) is 187 Å². The van der Waals surface area contributed by atoms with Gasteiger partial charge in [0.25, 0.3) is 33.3 Å². The highest BCUT2D eigenvalue weighted by Crippen LogP contribution is 2.45. The van der Waals surface area contributed by atoms with Crippen molar-refractivity contribution in [1.82, 2.24) is 0 Å². The lowest BCUT2D eigenvalue weighted by atomic mass is 9.93. The van der Waals surface area contributed by atoms with Gasteiger partial charge in [0.2, 0.25) is 0 Å². The highest BCUT2D eigenvalue weighted by atomic mass is 28.4. The highest BCUT2D eigenvalue weighted by Gasteiger charge is 2.57. The highest BCUT2D eigenvalue weighted by molar-refractivity contribution is 7.01. The lowest BCUT2D eigenvalue weighted by molar-refractivity contribution is -0.109. The van der Waals surface area contributed by atoms with E-state index in [1.54, 1.807) is 0 Å². The van der Waals surface area contributed by atoms with Crippen LogP contribution in [0.1, 0.15) is 135 Å². The zero-order valence-electron chi connectivity index (χ0n) is 61.2. The van der Waals surface area contributed by atoms with E-state index >= 15 is 0 Å². The molecule has 514 valence electrons. The number of carbonyl (C=O) groups excluding carboxylic acids is 1. The maximum atomic E-state index is 13.9. The molecule has 6 atom stereocenters. The Morgan fingerprint density at radius 3 is 0.827 bits per heavy atom. The van der Waals surface area contributed by atoms with Crippen molar-refractivity contribution in [2.75, 3.05) is 0 Å². The summed E-state index contributed by atoms with van der Waals surface area (Å²) in [6.07, 6.45) is 5.02. The number of ether oxygens (including phenoxy) is 1. The van der Waals surface area contributed by atoms with E-state index in [-0.39, 0.29) is 34.4 Å². The van der Waals surface area contributed by atoms with E-state index in [9.17, 15) is 4.79 Å². The van der Waals surface area contributed by atoms with Crippen molar-refractivity contribution < 1.29 is 27.2 Å². The van der Waals surface area contributed by atoms with Crippen LogP contribution in [-0.2, 0) is 33.8 Å². The zero-order valence-corrected chi connectivity index (χ0v) is 65.2. The molecular weight excluding hydrogens is 1270 g/mol. The molecule has 0 fully saturated rings. The summed E-state index contributed by atoms with van der Waals surface area (Å²) in [5.41, 5.74) is 1.15. The van der Waals surface area contributed by atoms with E-state index in [4.69, 9.17) is 22.4 Å². The van der Waals surface area contributed by atoms with Crippen molar-refractivity contribution in [3.8, 4) is 0 Å². The van der Waals surface area contributed by atoms with Crippen LogP contribution in [0, 0.1) is 11.8 Å². The van der Waals surface area contributed by atoms with Crippen molar-refractivity contribution >= 4 is 81.0 Å². The minimum absolute atomic E-state index is 0.00558. The van der Waals surface area contributed by atoms with Crippen LogP contribution in [0.2, 0.25) is 20.2 Å². The van der Waals surface area contributed by atoms with Gasteiger partial charge in [-0.2, -0.15) is 0 Å². The van der Waals surface area contributed by atoms with E-state index in [0.717, 1.165) is 22.2 Å². The van der Waals surface area contributed by atoms with Crippen LogP contribution in [0.3, 0.4) is 0 Å². The first kappa shape index (κ1) is 75.3. The molecule has 10 heteroatoms. The van der Waals surface area contributed by atoms with Crippen LogP contribution in [-0.4, -0.2) is 70.1 Å². The number of carbonyl (C=O) groups is 1. The summed E-state index contributed by atoms with van der Waals surface area (Å²) in [6, 6.07) is 98.4. The van der Waals surface area contributed by atoms with Crippen LogP contribution in [0.15, 0.2) is 285 Å². The lowest BCUT2D eigenvalue weighted by Gasteiger charge is -2.49. The quantitative estimate of drug-likeness (QED) is 0.0245. The Hall–Kier alpha value is -6.94. The van der Waals surface area contributed by atoms with Gasteiger partial charge < -0.3 is 27.2 Å². The lowest BCUT2D eigenvalue weighted by Crippen LogP contribution is -2.70. The van der Waals surface area contributed by atoms with E-state index in [1.807, 2.05) is 0 Å². The monoisotopic (exact) mass is 1370 g/mol. The number of hydrogen-bond donors (Lipinski definition) is 0. The Kier molecular flexibility index (Phi) is 25.4. The maximum absolute atomic E-state index is 13.9. The molecule has 0 saturated carbocycles. The summed E-state index contributed by atoms with van der Waals surface area (Å²) >= 11 is 0. The van der Waals surface area contributed by atoms with Gasteiger partial charge in [-0.05, 0) is 86.0 Å². The Labute approximate surface area is 593 Å². The first-order valence-electron chi connectivity index (χ1n) is 35.7. The topological polar surface area (TPSA) is 63.2 Å². The average Bonchev–Trinajstić information content (AvgIpc) is 0.760. The fourth-order valence-electron chi connectivity index (χ4n) is 15.6. The number of aldehydes is 1. The average molecular weight is 1380 g/mol. The minimum atomic E-state index is -3.43. The van der Waals surface area contributed by atoms with Crippen molar-refractivity contribution in [2.24, 2.45) is 11.8 Å². The molecule has 0 radical (unpaired) electrons.